The molecule has 0 atom stereocenters. The van der Waals surface area contributed by atoms with Crippen LogP contribution in [0.15, 0.2) is 18.8 Å². The van der Waals surface area contributed by atoms with Crippen molar-refractivity contribution in [3.8, 4) is 0 Å². The minimum Gasteiger partial charge on any atom is -0.358 e. The van der Waals surface area contributed by atoms with Crippen LogP contribution in [0.3, 0.4) is 0 Å². The molecule has 0 aliphatic rings. The second-order valence-electron chi connectivity index (χ2n) is 3.14. The van der Waals surface area contributed by atoms with Crippen LogP contribution >= 0.6 is 0 Å². The zero-order valence-electron chi connectivity index (χ0n) is 9.06. The summed E-state index contributed by atoms with van der Waals surface area (Å²) in [4.78, 5) is 45.4. The first-order valence-corrected chi connectivity index (χ1v) is 4.93. The highest BCUT2D eigenvalue weighted by molar-refractivity contribution is 5.78. The van der Waals surface area contributed by atoms with Gasteiger partial charge in [0, 0.05) is 13.0 Å². The summed E-state index contributed by atoms with van der Waals surface area (Å²) in [6.07, 6.45) is 0.544. The zero-order chi connectivity index (χ0) is 12.3. The van der Waals surface area contributed by atoms with Gasteiger partial charge in [0.25, 0.3) is 0 Å². The van der Waals surface area contributed by atoms with Gasteiger partial charge in [0.05, 0.1) is 0 Å². The molecule has 1 aromatic rings. The summed E-state index contributed by atoms with van der Waals surface area (Å²) in [5, 5.41) is 0. The summed E-state index contributed by atoms with van der Waals surface area (Å²) in [7, 11) is 0. The van der Waals surface area contributed by atoms with Gasteiger partial charge in [0.2, 0.25) is 5.91 Å². The first-order valence-electron chi connectivity index (χ1n) is 4.93. The summed E-state index contributed by atoms with van der Waals surface area (Å²) >= 11 is 0. The first-order chi connectivity index (χ1) is 7.52. The predicted octanol–water partition coefficient (Wildman–Crippen LogP) is -0.577. The molecule has 0 fully saturated rings. The lowest BCUT2D eigenvalue weighted by molar-refractivity contribution is 0.0871. The molecule has 0 N–H and O–H groups in total. The molecule has 1 heterocycles. The number of hydrogen-bond acceptors (Lipinski definition) is 5. The molecule has 88 valence electrons. The molecule has 0 aliphatic heterocycles. The molecule has 0 bridgehead atoms. The molecule has 7 nitrogen and oxygen atoms in total. The number of rotatable bonds is 3. The quantitative estimate of drug-likeness (QED) is 0.690. The Bertz CT molecular complexity index is 562. The number of carbonyl (C=O) groups is 1. The van der Waals surface area contributed by atoms with Crippen molar-refractivity contribution in [2.45, 2.75) is 33.2 Å². The van der Waals surface area contributed by atoms with Crippen molar-refractivity contribution in [3.63, 3.8) is 0 Å². The molecule has 0 saturated heterocycles. The van der Waals surface area contributed by atoms with E-state index in [1.54, 1.807) is 6.92 Å². The molecule has 1 aromatic heterocycles. The van der Waals surface area contributed by atoms with Crippen molar-refractivity contribution in [1.29, 1.82) is 0 Å². The fraction of sp³-hybridized carbons (Fsp3) is 0.556. The van der Waals surface area contributed by atoms with Gasteiger partial charge < -0.3 is 4.42 Å². The lowest BCUT2D eigenvalue weighted by atomic mass is 10.3. The van der Waals surface area contributed by atoms with Crippen LogP contribution < -0.4 is 17.2 Å². The zero-order valence-corrected chi connectivity index (χ0v) is 9.06. The third-order valence-electron chi connectivity index (χ3n) is 2.03. The van der Waals surface area contributed by atoms with Gasteiger partial charge in [-0.25, -0.2) is 19.0 Å². The van der Waals surface area contributed by atoms with E-state index in [-0.39, 0.29) is 13.0 Å². The standard InChI is InChI=1S/C9H12N2O5/c1-3-5-6(12)11-7(13)10(4-2)8(14)16-9(11)15/h3-5H2,1-2H3. The average Bonchev–Trinajstić information content (AvgIpc) is 2.17. The third-order valence-corrected chi connectivity index (χ3v) is 2.03. The summed E-state index contributed by atoms with van der Waals surface area (Å²) < 4.78 is 5.32. The lowest BCUT2D eigenvalue weighted by Crippen LogP contribution is -2.48. The number of hydrogen-bond donors (Lipinski definition) is 0. The van der Waals surface area contributed by atoms with Crippen LogP contribution in [-0.4, -0.2) is 15.0 Å². The van der Waals surface area contributed by atoms with Crippen molar-refractivity contribution in [1.82, 2.24) is 9.13 Å². The van der Waals surface area contributed by atoms with Crippen LogP contribution in [-0.2, 0) is 6.54 Å². The van der Waals surface area contributed by atoms with Gasteiger partial charge in [-0.2, -0.15) is 4.57 Å². The molecule has 1 rings (SSSR count). The van der Waals surface area contributed by atoms with Crippen molar-refractivity contribution < 1.29 is 9.21 Å². The highest BCUT2D eigenvalue weighted by atomic mass is 16.5. The van der Waals surface area contributed by atoms with E-state index in [1.807, 2.05) is 0 Å². The van der Waals surface area contributed by atoms with Crippen LogP contribution in [0.4, 0.5) is 0 Å². The van der Waals surface area contributed by atoms with E-state index in [2.05, 4.69) is 4.42 Å². The van der Waals surface area contributed by atoms with Gasteiger partial charge in [0.15, 0.2) is 0 Å². The van der Waals surface area contributed by atoms with Crippen LogP contribution in [0.25, 0.3) is 0 Å². The van der Waals surface area contributed by atoms with E-state index in [1.165, 1.54) is 6.92 Å². The maximum Gasteiger partial charge on any atom is 0.434 e. The van der Waals surface area contributed by atoms with Crippen molar-refractivity contribution in [3.05, 3.63) is 31.6 Å². The Morgan fingerprint density at radius 1 is 1.19 bits per heavy atom. The predicted molar refractivity (Wildman–Crippen MR) is 54.7 cm³/mol. The maximum absolute atomic E-state index is 11.6. The van der Waals surface area contributed by atoms with Gasteiger partial charge in [-0.3, -0.25) is 4.79 Å². The minimum atomic E-state index is -1.22. The number of aromatic nitrogens is 2. The number of carbonyl (C=O) groups excluding carboxylic acids is 1. The molecule has 0 aliphatic carbocycles. The monoisotopic (exact) mass is 228 g/mol. The van der Waals surface area contributed by atoms with E-state index in [0.29, 0.717) is 15.6 Å². The Kier molecular flexibility index (Phi) is 3.60. The van der Waals surface area contributed by atoms with Gasteiger partial charge in [0.1, 0.15) is 0 Å². The lowest BCUT2D eigenvalue weighted by Gasteiger charge is -2.03. The van der Waals surface area contributed by atoms with Crippen LogP contribution in [0, 0.1) is 0 Å². The highest BCUT2D eigenvalue weighted by Crippen LogP contribution is 1.88. The molecular weight excluding hydrogens is 216 g/mol. The van der Waals surface area contributed by atoms with Crippen LogP contribution in [0.5, 0.6) is 0 Å². The van der Waals surface area contributed by atoms with E-state index in [9.17, 15) is 19.2 Å². The topological polar surface area (TPSA) is 91.3 Å². The van der Waals surface area contributed by atoms with Gasteiger partial charge in [-0.1, -0.05) is 6.92 Å². The highest BCUT2D eigenvalue weighted by Gasteiger charge is 2.15. The van der Waals surface area contributed by atoms with Crippen LogP contribution in [0.2, 0.25) is 0 Å². The summed E-state index contributed by atoms with van der Waals surface area (Å²) in [5.41, 5.74) is -0.942. The summed E-state index contributed by atoms with van der Waals surface area (Å²) in [5.74, 6) is -2.93. The Morgan fingerprint density at radius 3 is 2.31 bits per heavy atom. The van der Waals surface area contributed by atoms with Crippen molar-refractivity contribution >= 4 is 5.91 Å². The summed E-state index contributed by atoms with van der Waals surface area (Å²) in [6, 6.07) is 0. The summed E-state index contributed by atoms with van der Waals surface area (Å²) in [6.45, 7) is 3.32. The molecule has 0 amide bonds. The van der Waals surface area contributed by atoms with E-state index < -0.39 is 23.1 Å². The van der Waals surface area contributed by atoms with Crippen molar-refractivity contribution in [2.75, 3.05) is 0 Å². The maximum atomic E-state index is 11.6. The third kappa shape index (κ3) is 2.02. The Labute approximate surface area is 89.9 Å². The first kappa shape index (κ1) is 12.2. The fourth-order valence-electron chi connectivity index (χ4n) is 1.25. The molecule has 0 spiro atoms. The molecule has 0 aromatic carbocycles. The Balaban J connectivity index is 3.53. The second kappa shape index (κ2) is 4.73. The molecule has 7 heteroatoms. The molecule has 0 unspecified atom stereocenters. The minimum absolute atomic E-state index is 0.0425. The Morgan fingerprint density at radius 2 is 1.81 bits per heavy atom. The van der Waals surface area contributed by atoms with Gasteiger partial charge in [-0.15, -0.1) is 0 Å². The van der Waals surface area contributed by atoms with E-state index in [0.717, 1.165) is 0 Å². The normalized spacial score (nSPS) is 10.4. The van der Waals surface area contributed by atoms with E-state index >= 15 is 0 Å². The second-order valence-corrected chi connectivity index (χ2v) is 3.14. The van der Waals surface area contributed by atoms with Crippen molar-refractivity contribution in [2.24, 2.45) is 0 Å². The Hall–Kier alpha value is -1.92. The molecular formula is C9H12N2O5. The van der Waals surface area contributed by atoms with Gasteiger partial charge in [-0.05, 0) is 13.3 Å². The van der Waals surface area contributed by atoms with E-state index in [4.69, 9.17) is 0 Å². The molecule has 16 heavy (non-hydrogen) atoms. The largest absolute Gasteiger partial charge is 0.434 e. The number of nitrogens with zero attached hydrogens (tertiary/aromatic N) is 2. The van der Waals surface area contributed by atoms with Crippen LogP contribution in [0.1, 0.15) is 31.5 Å². The smallest absolute Gasteiger partial charge is 0.358 e. The SMILES string of the molecule is CCCC(=O)n1c(=O)oc(=O)n(CC)c1=O. The molecule has 0 radical (unpaired) electrons. The van der Waals surface area contributed by atoms with Gasteiger partial charge >= 0.3 is 17.2 Å². The fourth-order valence-corrected chi connectivity index (χ4v) is 1.25. The molecule has 0 saturated carbocycles. The average molecular weight is 228 g/mol.